The van der Waals surface area contributed by atoms with E-state index < -0.39 is 5.87 Å². The molecule has 0 amide bonds. The minimum absolute atomic E-state index is 0.782. The van der Waals surface area contributed by atoms with Crippen LogP contribution in [0.15, 0.2) is 0 Å². The summed E-state index contributed by atoms with van der Waals surface area (Å²) in [5.41, 5.74) is 0. The molecule has 0 saturated carbocycles. The molecule has 0 aliphatic heterocycles. The molecule has 0 rings (SSSR count). The van der Waals surface area contributed by atoms with Crippen molar-refractivity contribution in [1.29, 1.82) is 0 Å². The second-order valence-electron chi connectivity index (χ2n) is 0.437. The molecule has 0 fully saturated rings. The van der Waals surface area contributed by atoms with E-state index in [-0.39, 0.29) is 0 Å². The molecule has 0 bridgehead atoms. The molecule has 2 nitrogen and oxygen atoms in total. The number of hydrogen-bond donors (Lipinski definition) is 0. The van der Waals surface area contributed by atoms with Crippen molar-refractivity contribution in [3.05, 3.63) is 0 Å². The van der Waals surface area contributed by atoms with Crippen LogP contribution in [0.5, 0.6) is 0 Å². The first kappa shape index (κ1) is 4.96. The maximum absolute atomic E-state index is 9.35. The highest BCUT2D eigenvalue weighted by atomic mass is 31.0. The highest BCUT2D eigenvalue weighted by Gasteiger charge is 1.76. The Hall–Kier alpha value is -0.0351. The Morgan fingerprint density at radius 3 is 2.20 bits per heavy atom. The topological polar surface area (TPSA) is 26.3 Å². The summed E-state index contributed by atoms with van der Waals surface area (Å²) in [6.45, 7) is 0. The average molecular weight is 87.8 g/mol. The van der Waals surface area contributed by atoms with Crippen molar-refractivity contribution in [3.8, 4) is 0 Å². The van der Waals surface area contributed by atoms with Gasteiger partial charge in [-0.1, -0.05) is 0 Å². The van der Waals surface area contributed by atoms with E-state index in [1.807, 2.05) is 0 Å². The van der Waals surface area contributed by atoms with E-state index in [0.717, 1.165) is 0 Å². The van der Waals surface area contributed by atoms with Gasteiger partial charge in [-0.3, -0.25) is 4.79 Å². The number of hydrogen-bond acceptors (Lipinski definition) is 2. The molecule has 5 heavy (non-hydrogen) atoms. The summed E-state index contributed by atoms with van der Waals surface area (Å²) < 4.78 is 3.81. The predicted octanol–water partition coefficient (Wildman–Crippen LogP) is 0.0816. The quantitative estimate of drug-likeness (QED) is 0.309. The van der Waals surface area contributed by atoms with Gasteiger partial charge in [0, 0.05) is 0 Å². The van der Waals surface area contributed by atoms with E-state index in [1.54, 1.807) is 9.47 Å². The maximum atomic E-state index is 9.35. The fourth-order valence-corrected chi connectivity index (χ4v) is 0. The highest BCUT2D eigenvalue weighted by Crippen LogP contribution is 1.80. The summed E-state index contributed by atoms with van der Waals surface area (Å²) in [5.74, 6) is -0.782. The Bertz CT molecular complexity index is 44.9. The molecule has 4 heteroatoms. The van der Waals surface area contributed by atoms with Gasteiger partial charge in [0.25, 0.3) is 0 Å². The van der Waals surface area contributed by atoms with Crippen LogP contribution in [0.1, 0.15) is 0 Å². The van der Waals surface area contributed by atoms with Gasteiger partial charge in [0.05, 0.1) is 9.47 Å². The Kier molecular flexibility index (Phi) is 2.20. The molecule has 2 radical (unpaired) electrons. The van der Waals surface area contributed by atoms with Gasteiger partial charge in [-0.05, 0) is 0 Å². The lowest BCUT2D eigenvalue weighted by Gasteiger charge is -1.81. The van der Waals surface area contributed by atoms with Crippen LogP contribution in [0.3, 0.4) is 0 Å². The zero-order valence-corrected chi connectivity index (χ0v) is 3.63. The van der Waals surface area contributed by atoms with E-state index in [2.05, 4.69) is 12.4 Å². The Morgan fingerprint density at radius 1 is 2.00 bits per heavy atom. The van der Waals surface area contributed by atoms with Crippen molar-refractivity contribution < 1.29 is 9.32 Å². The van der Waals surface area contributed by atoms with Gasteiger partial charge in [0.1, 0.15) is 0 Å². The molecule has 0 heterocycles. The van der Waals surface area contributed by atoms with Crippen LogP contribution in [0.2, 0.25) is 0 Å². The van der Waals surface area contributed by atoms with Crippen LogP contribution < -0.4 is 0 Å². The van der Waals surface area contributed by atoms with Gasteiger partial charge in [-0.25, -0.2) is 0 Å². The lowest BCUT2D eigenvalue weighted by molar-refractivity contribution is 0.232. The Labute approximate surface area is 33.6 Å². The van der Waals surface area contributed by atoms with Gasteiger partial charge < -0.3 is 4.52 Å². The van der Waals surface area contributed by atoms with Crippen molar-refractivity contribution in [3.63, 3.8) is 0 Å². The molecule has 1 unspecified atom stereocenters. The van der Waals surface area contributed by atoms with Gasteiger partial charge in [-0.15, -0.1) is 0 Å². The van der Waals surface area contributed by atoms with Gasteiger partial charge in [0.15, 0.2) is 0 Å². The molecule has 26 valence electrons. The fourth-order valence-electron chi connectivity index (χ4n) is 0. The largest absolute Gasteiger partial charge is 0.460 e. The molecule has 0 aliphatic rings. The summed E-state index contributed by atoms with van der Waals surface area (Å²) >= 11 is 0. The van der Waals surface area contributed by atoms with Gasteiger partial charge in [-0.2, -0.15) is 0 Å². The molecular weight excluding hydrogens is 85.8 g/mol. The van der Waals surface area contributed by atoms with Crippen LogP contribution in [0.4, 0.5) is 4.79 Å². The standard InChI is InChI=1S/CH2BO2P/c2-1(3)4-5/h5H2. The molecule has 0 saturated heterocycles. The molecule has 0 N–H and O–H groups in total. The average Bonchev–Trinajstić information content (AvgIpc) is 1.38. The summed E-state index contributed by atoms with van der Waals surface area (Å²) in [7, 11) is 6.13. The fraction of sp³-hybridized carbons (Fsp3) is 0. The highest BCUT2D eigenvalue weighted by molar-refractivity contribution is 7.11. The van der Waals surface area contributed by atoms with Crippen LogP contribution >= 0.6 is 9.47 Å². The zero-order valence-electron chi connectivity index (χ0n) is 2.47. The molecular formula is CH2BO2P. The van der Waals surface area contributed by atoms with E-state index >= 15 is 0 Å². The van der Waals surface area contributed by atoms with E-state index in [1.165, 1.54) is 0 Å². The molecule has 0 aromatic heterocycles. The third-order valence-corrected chi connectivity index (χ3v) is 0.348. The first-order valence-electron chi connectivity index (χ1n) is 0.933. The van der Waals surface area contributed by atoms with E-state index in [4.69, 9.17) is 0 Å². The predicted molar refractivity (Wildman–Crippen MR) is 21.9 cm³/mol. The Balaban J connectivity index is 2.85. The van der Waals surface area contributed by atoms with Gasteiger partial charge in [0.2, 0.25) is 13.7 Å². The van der Waals surface area contributed by atoms with Crippen molar-refractivity contribution >= 4 is 23.2 Å². The number of carbonyl (C=O) groups excluding carboxylic acids is 1. The molecule has 0 aliphatic carbocycles. The normalized spacial score (nSPS) is 6.60. The van der Waals surface area contributed by atoms with Gasteiger partial charge >= 0.3 is 0 Å². The smallest absolute Gasteiger partial charge is 0.237 e. The molecule has 0 aromatic rings. The monoisotopic (exact) mass is 88.0 g/mol. The minimum atomic E-state index is -0.782. The third kappa shape index (κ3) is 3.96. The number of rotatable bonds is 0. The van der Waals surface area contributed by atoms with Crippen LogP contribution in [0, 0.1) is 0 Å². The molecule has 0 spiro atoms. The molecule has 1 atom stereocenters. The second-order valence-corrected chi connectivity index (χ2v) is 0.673. The summed E-state index contributed by atoms with van der Waals surface area (Å²) in [5, 5.41) is 0. The van der Waals surface area contributed by atoms with Crippen molar-refractivity contribution in [2.45, 2.75) is 0 Å². The van der Waals surface area contributed by atoms with E-state index in [0.29, 0.717) is 0 Å². The number of carbonyl (C=O) groups is 1. The first-order chi connectivity index (χ1) is 2.27. The van der Waals surface area contributed by atoms with Crippen molar-refractivity contribution in [1.82, 2.24) is 0 Å². The van der Waals surface area contributed by atoms with Crippen LogP contribution in [-0.4, -0.2) is 13.7 Å². The minimum Gasteiger partial charge on any atom is -0.460 e. The maximum Gasteiger partial charge on any atom is 0.237 e. The second kappa shape index (κ2) is 2.22. The zero-order chi connectivity index (χ0) is 4.28. The van der Waals surface area contributed by atoms with Crippen LogP contribution in [0.25, 0.3) is 0 Å². The molecule has 0 aromatic carbocycles. The Morgan fingerprint density at radius 2 is 2.20 bits per heavy atom. The van der Waals surface area contributed by atoms with Crippen molar-refractivity contribution in [2.24, 2.45) is 0 Å². The SMILES string of the molecule is [B]C(=O)OP. The van der Waals surface area contributed by atoms with Crippen LogP contribution in [-0.2, 0) is 4.52 Å². The summed E-state index contributed by atoms with van der Waals surface area (Å²) in [6, 6.07) is 0. The summed E-state index contributed by atoms with van der Waals surface area (Å²) in [6.07, 6.45) is 0. The third-order valence-electron chi connectivity index (χ3n) is 0.116. The van der Waals surface area contributed by atoms with E-state index in [9.17, 15) is 4.79 Å². The lowest BCUT2D eigenvalue weighted by Crippen LogP contribution is -1.86. The lowest BCUT2D eigenvalue weighted by atomic mass is 10.2. The first-order valence-corrected chi connectivity index (χ1v) is 1.40. The van der Waals surface area contributed by atoms with Crippen molar-refractivity contribution in [2.75, 3.05) is 0 Å². The summed E-state index contributed by atoms with van der Waals surface area (Å²) in [4.78, 5) is 9.35.